The fourth-order valence-corrected chi connectivity index (χ4v) is 5.80. The van der Waals surface area contributed by atoms with Gasteiger partial charge in [-0.05, 0) is 80.7 Å². The SMILES string of the molecule is CCC(=O)Nc1ccc(-c2ccc(N[C@H]3C[C@@H]4CN[C@@H](CC5CCOCC5)[C@H]4C3)nn2)cc1. The lowest BCUT2D eigenvalue weighted by Crippen LogP contribution is -2.33. The van der Waals surface area contributed by atoms with Crippen LogP contribution in [-0.4, -0.2) is 47.9 Å². The number of anilines is 2. The molecule has 176 valence electrons. The average molecular weight is 450 g/mol. The summed E-state index contributed by atoms with van der Waals surface area (Å²) in [5.74, 6) is 3.22. The monoisotopic (exact) mass is 449 g/mol. The van der Waals surface area contributed by atoms with E-state index >= 15 is 0 Å². The highest BCUT2D eigenvalue weighted by Gasteiger charge is 2.43. The van der Waals surface area contributed by atoms with Crippen molar-refractivity contribution < 1.29 is 9.53 Å². The van der Waals surface area contributed by atoms with E-state index in [1.54, 1.807) is 0 Å². The van der Waals surface area contributed by atoms with Crippen molar-refractivity contribution in [1.82, 2.24) is 15.5 Å². The molecule has 0 unspecified atom stereocenters. The highest BCUT2D eigenvalue weighted by Crippen LogP contribution is 2.41. The number of aromatic nitrogens is 2. The number of nitrogens with one attached hydrogen (secondary N) is 3. The Balaban J connectivity index is 1.14. The van der Waals surface area contributed by atoms with Gasteiger partial charge in [0, 0.05) is 43.0 Å². The zero-order valence-corrected chi connectivity index (χ0v) is 19.4. The second-order valence-corrected chi connectivity index (χ2v) is 9.83. The lowest BCUT2D eigenvalue weighted by Gasteiger charge is -2.27. The Morgan fingerprint density at radius 3 is 2.64 bits per heavy atom. The van der Waals surface area contributed by atoms with Crippen LogP contribution in [0.1, 0.15) is 45.4 Å². The fourth-order valence-electron chi connectivity index (χ4n) is 5.80. The second kappa shape index (κ2) is 10.2. The third-order valence-electron chi connectivity index (χ3n) is 7.64. The largest absolute Gasteiger partial charge is 0.381 e. The van der Waals surface area contributed by atoms with E-state index in [4.69, 9.17) is 4.74 Å². The zero-order chi connectivity index (χ0) is 22.6. The zero-order valence-electron chi connectivity index (χ0n) is 19.4. The Labute approximate surface area is 196 Å². The maximum absolute atomic E-state index is 11.5. The molecule has 0 spiro atoms. The minimum absolute atomic E-state index is 0.0136. The molecule has 2 aromatic rings. The van der Waals surface area contributed by atoms with Crippen LogP contribution in [0.5, 0.6) is 0 Å². The van der Waals surface area contributed by atoms with Crippen molar-refractivity contribution in [2.45, 2.75) is 57.5 Å². The van der Waals surface area contributed by atoms with Crippen molar-refractivity contribution in [3.8, 4) is 11.3 Å². The molecule has 1 saturated carbocycles. The van der Waals surface area contributed by atoms with Gasteiger partial charge in [0.25, 0.3) is 0 Å². The molecule has 1 aromatic heterocycles. The van der Waals surface area contributed by atoms with Gasteiger partial charge >= 0.3 is 0 Å². The number of carbonyl (C=O) groups is 1. The van der Waals surface area contributed by atoms with Gasteiger partial charge in [-0.2, -0.15) is 0 Å². The van der Waals surface area contributed by atoms with Crippen molar-refractivity contribution in [3.63, 3.8) is 0 Å². The van der Waals surface area contributed by atoms with Gasteiger partial charge in [0.15, 0.2) is 0 Å². The van der Waals surface area contributed by atoms with Crippen LogP contribution in [0.2, 0.25) is 0 Å². The molecule has 7 nitrogen and oxygen atoms in total. The number of hydrogen-bond donors (Lipinski definition) is 3. The van der Waals surface area contributed by atoms with Gasteiger partial charge in [-0.25, -0.2) is 0 Å². The summed E-state index contributed by atoms with van der Waals surface area (Å²) in [7, 11) is 0. The van der Waals surface area contributed by atoms with Gasteiger partial charge in [-0.1, -0.05) is 19.1 Å². The first-order valence-corrected chi connectivity index (χ1v) is 12.5. The molecule has 5 rings (SSSR count). The van der Waals surface area contributed by atoms with Crippen molar-refractivity contribution in [2.75, 3.05) is 30.4 Å². The predicted molar refractivity (Wildman–Crippen MR) is 130 cm³/mol. The standard InChI is InChI=1S/C26H35N5O2/c1-2-26(32)29-20-5-3-18(4-6-20)23-7-8-25(31-30-23)28-21-14-19-16-27-24(22(19)15-21)13-17-9-11-33-12-10-17/h3-8,17,19,21-22,24,27H,2,9-16H2,1H3,(H,28,31)(H,29,32)/t19-,21+,22+,24+/m1/s1. The second-order valence-electron chi connectivity index (χ2n) is 9.83. The van der Waals surface area contributed by atoms with E-state index in [-0.39, 0.29) is 5.91 Å². The number of carbonyl (C=O) groups excluding carboxylic acids is 1. The first kappa shape index (κ1) is 22.3. The van der Waals surface area contributed by atoms with E-state index in [0.717, 1.165) is 60.3 Å². The number of nitrogens with zero attached hydrogens (tertiary/aromatic N) is 2. The smallest absolute Gasteiger partial charge is 0.224 e. The first-order valence-electron chi connectivity index (χ1n) is 12.5. The maximum atomic E-state index is 11.5. The van der Waals surface area contributed by atoms with Gasteiger partial charge in [-0.3, -0.25) is 4.79 Å². The van der Waals surface area contributed by atoms with Crippen LogP contribution < -0.4 is 16.0 Å². The molecule has 4 atom stereocenters. The minimum Gasteiger partial charge on any atom is -0.381 e. The van der Waals surface area contributed by atoms with Crippen LogP contribution in [0.25, 0.3) is 11.3 Å². The van der Waals surface area contributed by atoms with E-state index < -0.39 is 0 Å². The average Bonchev–Trinajstić information content (AvgIpc) is 3.42. The van der Waals surface area contributed by atoms with Gasteiger partial charge in [0.1, 0.15) is 5.82 Å². The summed E-state index contributed by atoms with van der Waals surface area (Å²) in [6.07, 6.45) is 6.62. The number of benzene rings is 1. The quantitative estimate of drug-likeness (QED) is 0.590. The van der Waals surface area contributed by atoms with Gasteiger partial charge in [-0.15, -0.1) is 10.2 Å². The summed E-state index contributed by atoms with van der Waals surface area (Å²) < 4.78 is 5.54. The molecule has 3 heterocycles. The summed E-state index contributed by atoms with van der Waals surface area (Å²) in [6, 6.07) is 12.9. The number of fused-ring (bicyclic) bond motifs is 1. The minimum atomic E-state index is 0.0136. The number of hydrogen-bond acceptors (Lipinski definition) is 6. The normalized spacial score (nSPS) is 27.3. The molecule has 0 radical (unpaired) electrons. The Bertz CT molecular complexity index is 927. The van der Waals surface area contributed by atoms with Crippen molar-refractivity contribution in [3.05, 3.63) is 36.4 Å². The van der Waals surface area contributed by atoms with Crippen LogP contribution in [0.3, 0.4) is 0 Å². The molecule has 1 aromatic carbocycles. The molecule has 0 bridgehead atoms. The van der Waals surface area contributed by atoms with Gasteiger partial charge in [0.2, 0.25) is 5.91 Å². The Morgan fingerprint density at radius 2 is 1.91 bits per heavy atom. The first-order chi connectivity index (χ1) is 16.2. The lowest BCUT2D eigenvalue weighted by molar-refractivity contribution is -0.115. The summed E-state index contributed by atoms with van der Waals surface area (Å²) in [4.78, 5) is 11.5. The highest BCUT2D eigenvalue weighted by molar-refractivity contribution is 5.90. The summed E-state index contributed by atoms with van der Waals surface area (Å²) in [5, 5.41) is 19.2. The Kier molecular flexibility index (Phi) is 6.88. The van der Waals surface area contributed by atoms with E-state index in [2.05, 4.69) is 26.1 Å². The summed E-state index contributed by atoms with van der Waals surface area (Å²) in [6.45, 7) is 4.86. The Hall–Kier alpha value is -2.51. The third kappa shape index (κ3) is 5.36. The molecule has 1 aliphatic carbocycles. The van der Waals surface area contributed by atoms with Crippen LogP contribution in [0.15, 0.2) is 36.4 Å². The summed E-state index contributed by atoms with van der Waals surface area (Å²) in [5.41, 5.74) is 2.62. The van der Waals surface area contributed by atoms with Crippen LogP contribution in [0, 0.1) is 17.8 Å². The van der Waals surface area contributed by atoms with Crippen molar-refractivity contribution in [2.24, 2.45) is 17.8 Å². The Morgan fingerprint density at radius 1 is 1.09 bits per heavy atom. The molecular weight excluding hydrogens is 414 g/mol. The predicted octanol–water partition coefficient (Wildman–Crippen LogP) is 4.09. The van der Waals surface area contributed by atoms with E-state index in [1.807, 2.05) is 43.3 Å². The van der Waals surface area contributed by atoms with E-state index in [1.165, 1.54) is 32.1 Å². The molecule has 33 heavy (non-hydrogen) atoms. The number of rotatable bonds is 7. The van der Waals surface area contributed by atoms with Crippen molar-refractivity contribution >= 4 is 17.4 Å². The molecule has 3 fully saturated rings. The molecule has 2 saturated heterocycles. The maximum Gasteiger partial charge on any atom is 0.224 e. The molecule has 3 N–H and O–H groups in total. The van der Waals surface area contributed by atoms with E-state index in [9.17, 15) is 4.79 Å². The number of amides is 1. The van der Waals surface area contributed by atoms with E-state index in [0.29, 0.717) is 18.5 Å². The fraction of sp³-hybridized carbons (Fsp3) is 0.577. The lowest BCUT2D eigenvalue weighted by atomic mass is 9.85. The molecule has 2 aliphatic heterocycles. The van der Waals surface area contributed by atoms with Crippen LogP contribution in [-0.2, 0) is 9.53 Å². The van der Waals surface area contributed by atoms with Crippen molar-refractivity contribution in [1.29, 1.82) is 0 Å². The van der Waals surface area contributed by atoms with Crippen LogP contribution >= 0.6 is 0 Å². The molecule has 7 heteroatoms. The third-order valence-corrected chi connectivity index (χ3v) is 7.64. The molecular formula is C26H35N5O2. The topological polar surface area (TPSA) is 88.2 Å². The molecule has 3 aliphatic rings. The summed E-state index contributed by atoms with van der Waals surface area (Å²) >= 11 is 0. The van der Waals surface area contributed by atoms with Crippen LogP contribution in [0.4, 0.5) is 11.5 Å². The highest BCUT2D eigenvalue weighted by atomic mass is 16.5. The number of ether oxygens (including phenoxy) is 1. The molecule has 1 amide bonds. The van der Waals surface area contributed by atoms with Gasteiger partial charge < -0.3 is 20.7 Å². The van der Waals surface area contributed by atoms with Gasteiger partial charge in [0.05, 0.1) is 5.69 Å².